The van der Waals surface area contributed by atoms with Gasteiger partial charge in [-0.05, 0) is 18.6 Å². The minimum atomic E-state index is -1.61. The molecule has 8 nitrogen and oxygen atoms in total. The summed E-state index contributed by atoms with van der Waals surface area (Å²) in [6, 6.07) is 3.78. The second-order valence-electron chi connectivity index (χ2n) is 6.35. The average Bonchev–Trinajstić information content (AvgIpc) is 2.60. The maximum absolute atomic E-state index is 12.5. The molecule has 0 aliphatic heterocycles. The van der Waals surface area contributed by atoms with E-state index in [1.54, 1.807) is 19.0 Å². The Labute approximate surface area is 210 Å². The van der Waals surface area contributed by atoms with Crippen molar-refractivity contribution in [1.29, 1.82) is 0 Å². The van der Waals surface area contributed by atoms with Gasteiger partial charge in [-0.3, -0.25) is 4.79 Å². The zero-order valence-electron chi connectivity index (χ0n) is 17.0. The number of nitrogens with zero attached hydrogens (tertiary/aromatic N) is 2. The van der Waals surface area contributed by atoms with Crippen LogP contribution in [-0.4, -0.2) is 31.0 Å². The summed E-state index contributed by atoms with van der Waals surface area (Å²) in [6.45, 7) is 1.89. The number of pyridine rings is 1. The molecule has 0 radical (unpaired) electrons. The Kier molecular flexibility index (Phi) is 8.89. The van der Waals surface area contributed by atoms with Crippen molar-refractivity contribution in [3.63, 3.8) is 0 Å². The van der Waals surface area contributed by atoms with Gasteiger partial charge in [0.2, 0.25) is 0 Å². The molecule has 0 saturated carbocycles. The van der Waals surface area contributed by atoms with Gasteiger partial charge in [-0.15, -0.1) is 0 Å². The zero-order valence-corrected chi connectivity index (χ0v) is 21.0. The molecular formula is C19H16N2Na2O6. The number of aromatic nitrogens is 1. The summed E-state index contributed by atoms with van der Waals surface area (Å²) < 4.78 is 5.42. The van der Waals surface area contributed by atoms with E-state index in [1.165, 1.54) is 12.1 Å². The van der Waals surface area contributed by atoms with E-state index in [2.05, 4.69) is 4.98 Å². The van der Waals surface area contributed by atoms with Gasteiger partial charge >= 0.3 is 59.1 Å². The van der Waals surface area contributed by atoms with Gasteiger partial charge in [0.1, 0.15) is 11.6 Å². The first-order valence-corrected chi connectivity index (χ1v) is 8.29. The third-order valence-corrected chi connectivity index (χ3v) is 4.26. The van der Waals surface area contributed by atoms with Crippen molar-refractivity contribution in [2.75, 3.05) is 19.0 Å². The van der Waals surface area contributed by atoms with Crippen LogP contribution in [0.4, 0.5) is 5.69 Å². The van der Waals surface area contributed by atoms with E-state index in [1.807, 2.05) is 6.92 Å². The standard InChI is InChI=1S/C19H18N2O6.2Na/c1-4-5-9-16-10(13(21(2)3)7-12(20-16)18(23)24)6-11-14(22)8-15(19(25)26)27-17(9)11;;/h6-8H,4-5H2,1-3H3,(H,23,24)(H,25,26);;/q;2*+1/p-2. The number of fused-ring (bicyclic) bond motifs is 2. The van der Waals surface area contributed by atoms with Gasteiger partial charge in [0.05, 0.1) is 22.6 Å². The predicted molar refractivity (Wildman–Crippen MR) is 94.8 cm³/mol. The van der Waals surface area contributed by atoms with E-state index in [0.29, 0.717) is 35.0 Å². The largest absolute Gasteiger partial charge is 1.00 e. The molecule has 0 amide bonds. The molecule has 3 rings (SSSR count). The number of carboxylic acids is 2. The van der Waals surface area contributed by atoms with Gasteiger partial charge in [0, 0.05) is 36.8 Å². The van der Waals surface area contributed by atoms with Crippen LogP contribution in [0.15, 0.2) is 27.4 Å². The summed E-state index contributed by atoms with van der Waals surface area (Å²) in [6.07, 6.45) is 1.05. The van der Waals surface area contributed by atoms with Crippen molar-refractivity contribution in [2.45, 2.75) is 19.8 Å². The third kappa shape index (κ3) is 4.84. The number of rotatable bonds is 5. The summed E-state index contributed by atoms with van der Waals surface area (Å²) >= 11 is 0. The number of hydrogen-bond donors (Lipinski definition) is 0. The summed E-state index contributed by atoms with van der Waals surface area (Å²) in [7, 11) is 3.47. The molecule has 0 bridgehead atoms. The second kappa shape index (κ2) is 10.1. The SMILES string of the molecule is CCCc1c2nc(C(=O)[O-])cc(N(C)C)c2cc2c(=O)cc(C(=O)[O-])oc12.[Na+].[Na+]. The molecule has 0 fully saturated rings. The number of aryl methyl sites for hydroxylation is 1. The van der Waals surface area contributed by atoms with Crippen LogP contribution in [-0.2, 0) is 6.42 Å². The number of carbonyl (C=O) groups is 2. The van der Waals surface area contributed by atoms with Crippen LogP contribution in [0.2, 0.25) is 0 Å². The molecule has 0 atom stereocenters. The molecule has 0 aliphatic carbocycles. The normalized spacial score (nSPS) is 10.3. The molecule has 0 spiro atoms. The van der Waals surface area contributed by atoms with Crippen LogP contribution in [0.25, 0.3) is 21.9 Å². The van der Waals surface area contributed by atoms with Gasteiger partial charge in [-0.25, -0.2) is 4.98 Å². The molecule has 0 aliphatic rings. The van der Waals surface area contributed by atoms with Crippen LogP contribution >= 0.6 is 0 Å². The summed E-state index contributed by atoms with van der Waals surface area (Å²) in [4.78, 5) is 40.9. The zero-order chi connectivity index (χ0) is 19.9. The smallest absolute Gasteiger partial charge is 0.543 e. The van der Waals surface area contributed by atoms with Crippen molar-refractivity contribution < 1.29 is 83.3 Å². The summed E-state index contributed by atoms with van der Waals surface area (Å²) in [5, 5.41) is 23.3. The van der Waals surface area contributed by atoms with E-state index >= 15 is 0 Å². The fourth-order valence-corrected chi connectivity index (χ4v) is 3.09. The molecule has 10 heteroatoms. The maximum atomic E-state index is 12.5. The maximum Gasteiger partial charge on any atom is 1.00 e. The Morgan fingerprint density at radius 2 is 1.72 bits per heavy atom. The first kappa shape index (κ1) is 25.6. The number of carbonyl (C=O) groups excluding carboxylic acids is 2. The third-order valence-electron chi connectivity index (χ3n) is 4.26. The predicted octanol–water partition coefficient (Wildman–Crippen LogP) is -5.91. The molecule has 3 aromatic rings. The van der Waals surface area contributed by atoms with Crippen LogP contribution < -0.4 is 79.7 Å². The molecule has 2 heterocycles. The minimum absolute atomic E-state index is 0. The van der Waals surface area contributed by atoms with Crippen LogP contribution in [0.1, 0.15) is 40.0 Å². The van der Waals surface area contributed by atoms with Crippen LogP contribution in [0.5, 0.6) is 0 Å². The van der Waals surface area contributed by atoms with E-state index in [0.717, 1.165) is 6.07 Å². The van der Waals surface area contributed by atoms with E-state index in [4.69, 9.17) is 4.42 Å². The van der Waals surface area contributed by atoms with Crippen molar-refractivity contribution >= 4 is 39.5 Å². The molecule has 1 aromatic carbocycles. The molecule has 0 N–H and O–H groups in total. The van der Waals surface area contributed by atoms with E-state index < -0.39 is 23.1 Å². The topological polar surface area (TPSA) is 127 Å². The number of aromatic carboxylic acids is 2. The van der Waals surface area contributed by atoms with Crippen LogP contribution in [0, 0.1) is 0 Å². The van der Waals surface area contributed by atoms with Crippen LogP contribution in [0.3, 0.4) is 0 Å². The van der Waals surface area contributed by atoms with Gasteiger partial charge in [-0.2, -0.15) is 0 Å². The Bertz CT molecular complexity index is 1160. The number of anilines is 1. The van der Waals surface area contributed by atoms with Gasteiger partial charge < -0.3 is 29.1 Å². The Morgan fingerprint density at radius 1 is 1.07 bits per heavy atom. The fraction of sp³-hybridized carbons (Fsp3) is 0.263. The van der Waals surface area contributed by atoms with Crippen molar-refractivity contribution in [2.24, 2.45) is 0 Å². The fourth-order valence-electron chi connectivity index (χ4n) is 3.09. The van der Waals surface area contributed by atoms with Crippen molar-refractivity contribution in [3.05, 3.63) is 45.4 Å². The Hall–Kier alpha value is -1.42. The first-order chi connectivity index (χ1) is 12.7. The molecular weight excluding hydrogens is 398 g/mol. The number of carboxylic acid groups (broad SMARTS) is 2. The van der Waals surface area contributed by atoms with Crippen molar-refractivity contribution in [3.8, 4) is 0 Å². The summed E-state index contributed by atoms with van der Waals surface area (Å²) in [5.74, 6) is -3.64. The number of hydrogen-bond acceptors (Lipinski definition) is 8. The van der Waals surface area contributed by atoms with Gasteiger partial charge in [0.25, 0.3) is 0 Å². The molecule has 29 heavy (non-hydrogen) atoms. The summed E-state index contributed by atoms with van der Waals surface area (Å²) in [5.41, 5.74) is 0.625. The molecule has 140 valence electrons. The molecule has 0 unspecified atom stereocenters. The number of benzene rings is 1. The van der Waals surface area contributed by atoms with Gasteiger partial charge in [0.15, 0.2) is 11.2 Å². The Morgan fingerprint density at radius 3 is 2.24 bits per heavy atom. The molecule has 2 aromatic heterocycles. The average molecular weight is 414 g/mol. The van der Waals surface area contributed by atoms with E-state index in [9.17, 15) is 24.6 Å². The first-order valence-electron chi connectivity index (χ1n) is 8.29. The van der Waals surface area contributed by atoms with E-state index in [-0.39, 0.29) is 75.8 Å². The Balaban J connectivity index is 0.00000210. The molecule has 0 saturated heterocycles. The second-order valence-corrected chi connectivity index (χ2v) is 6.35. The quantitative estimate of drug-likeness (QED) is 0.298. The van der Waals surface area contributed by atoms with Crippen molar-refractivity contribution in [1.82, 2.24) is 4.98 Å². The van der Waals surface area contributed by atoms with Gasteiger partial charge in [-0.1, -0.05) is 13.3 Å². The minimum Gasteiger partial charge on any atom is -0.543 e. The monoisotopic (exact) mass is 414 g/mol.